The fourth-order valence-corrected chi connectivity index (χ4v) is 3.78. The van der Waals surface area contributed by atoms with Gasteiger partial charge in [-0.1, -0.05) is 36.9 Å². The molecular weight excluding hydrogens is 318 g/mol. The van der Waals surface area contributed by atoms with Crippen molar-refractivity contribution in [1.29, 1.82) is 0 Å². The minimum absolute atomic E-state index is 0.192. The molecule has 4 atom stereocenters. The van der Waals surface area contributed by atoms with Crippen LogP contribution in [0, 0.1) is 0 Å². The molecule has 0 spiro atoms. The van der Waals surface area contributed by atoms with Crippen molar-refractivity contribution in [1.82, 2.24) is 0 Å². The number of hydrogen-bond acceptors (Lipinski definition) is 4. The molecule has 3 aliphatic rings. The molecule has 1 saturated carbocycles. The van der Waals surface area contributed by atoms with Crippen LogP contribution in [0.1, 0.15) is 25.8 Å². The topological polar surface area (TPSA) is 36.9 Å². The van der Waals surface area contributed by atoms with E-state index in [2.05, 4.69) is 6.58 Å². The number of rotatable bonds is 3. The van der Waals surface area contributed by atoms with Gasteiger partial charge in [0.1, 0.15) is 17.8 Å². The number of ether oxygens (including phenoxy) is 4. The molecule has 0 bridgehead atoms. The summed E-state index contributed by atoms with van der Waals surface area (Å²) in [6.45, 7) is 7.20. The molecule has 2 saturated heterocycles. The molecule has 1 aliphatic carbocycles. The Morgan fingerprint density at radius 2 is 1.92 bits per heavy atom. The molecular formula is C18H20F2O4. The van der Waals surface area contributed by atoms with Gasteiger partial charge in [-0.25, -0.2) is 8.78 Å². The third-order valence-corrected chi connectivity index (χ3v) is 4.89. The molecule has 1 aromatic carbocycles. The van der Waals surface area contributed by atoms with Gasteiger partial charge in [0.25, 0.3) is 5.92 Å². The maximum Gasteiger partial charge on any atom is 0.274 e. The molecule has 4 nitrogen and oxygen atoms in total. The lowest BCUT2D eigenvalue weighted by atomic mass is 9.93. The van der Waals surface area contributed by atoms with E-state index >= 15 is 0 Å². The fraction of sp³-hybridized carbons (Fsp3) is 0.556. The Bertz CT molecular complexity index is 660. The average Bonchev–Trinajstić information content (AvgIpc) is 3.03. The van der Waals surface area contributed by atoms with Crippen molar-refractivity contribution in [2.75, 3.05) is 0 Å². The molecule has 0 N–H and O–H groups in total. The molecule has 0 amide bonds. The van der Waals surface area contributed by atoms with Crippen molar-refractivity contribution in [3.63, 3.8) is 0 Å². The van der Waals surface area contributed by atoms with Crippen LogP contribution in [0.3, 0.4) is 0 Å². The highest BCUT2D eigenvalue weighted by molar-refractivity contribution is 5.33. The number of benzene rings is 1. The Balaban J connectivity index is 1.65. The molecule has 24 heavy (non-hydrogen) atoms. The summed E-state index contributed by atoms with van der Waals surface area (Å²) in [6.07, 6.45) is -2.90. The van der Waals surface area contributed by atoms with E-state index in [1.807, 2.05) is 30.3 Å². The third-order valence-electron chi connectivity index (χ3n) is 4.89. The maximum atomic E-state index is 14.3. The largest absolute Gasteiger partial charge is 0.364 e. The Kier molecular flexibility index (Phi) is 3.42. The molecule has 6 heteroatoms. The number of alkyl halides is 2. The Morgan fingerprint density at radius 3 is 2.62 bits per heavy atom. The smallest absolute Gasteiger partial charge is 0.274 e. The van der Waals surface area contributed by atoms with Crippen molar-refractivity contribution in [3.8, 4) is 0 Å². The van der Waals surface area contributed by atoms with Crippen molar-refractivity contribution in [2.24, 2.45) is 0 Å². The zero-order valence-electron chi connectivity index (χ0n) is 13.6. The van der Waals surface area contributed by atoms with Crippen LogP contribution in [-0.4, -0.2) is 35.8 Å². The van der Waals surface area contributed by atoms with Crippen molar-refractivity contribution < 1.29 is 27.7 Å². The first-order valence-corrected chi connectivity index (χ1v) is 8.00. The summed E-state index contributed by atoms with van der Waals surface area (Å²) < 4.78 is 52.0. The summed E-state index contributed by atoms with van der Waals surface area (Å²) in [5.74, 6) is -3.95. The number of hydrogen-bond donors (Lipinski definition) is 0. The van der Waals surface area contributed by atoms with E-state index in [9.17, 15) is 8.78 Å². The van der Waals surface area contributed by atoms with E-state index in [-0.39, 0.29) is 12.2 Å². The van der Waals surface area contributed by atoms with Gasteiger partial charge in [-0.2, -0.15) is 0 Å². The zero-order valence-corrected chi connectivity index (χ0v) is 13.6. The highest BCUT2D eigenvalue weighted by Gasteiger charge is 2.73. The lowest BCUT2D eigenvalue weighted by Gasteiger charge is -2.33. The van der Waals surface area contributed by atoms with E-state index in [1.54, 1.807) is 13.8 Å². The SMILES string of the molecule is C=C1[C@H]2O[C@@H]3OC(C)(C)O[C@@H]3[C@@]2(OCc2ccccc2)CC1(F)F. The predicted octanol–water partition coefficient (Wildman–Crippen LogP) is 3.41. The third kappa shape index (κ3) is 2.32. The minimum atomic E-state index is -3.05. The molecule has 2 aliphatic heterocycles. The lowest BCUT2D eigenvalue weighted by molar-refractivity contribution is -0.229. The Hall–Kier alpha value is -1.34. The van der Waals surface area contributed by atoms with Crippen molar-refractivity contribution in [2.45, 2.75) is 62.7 Å². The van der Waals surface area contributed by atoms with E-state index in [1.165, 1.54) is 0 Å². The highest BCUT2D eigenvalue weighted by Crippen LogP contribution is 2.58. The van der Waals surface area contributed by atoms with Crippen LogP contribution in [0.5, 0.6) is 0 Å². The second kappa shape index (κ2) is 5.08. The van der Waals surface area contributed by atoms with E-state index < -0.39 is 42.2 Å². The van der Waals surface area contributed by atoms with Crippen LogP contribution < -0.4 is 0 Å². The van der Waals surface area contributed by atoms with E-state index in [4.69, 9.17) is 18.9 Å². The summed E-state index contributed by atoms with van der Waals surface area (Å²) in [5, 5.41) is 0. The first-order valence-electron chi connectivity index (χ1n) is 8.00. The fourth-order valence-electron chi connectivity index (χ4n) is 3.78. The van der Waals surface area contributed by atoms with Gasteiger partial charge in [0.05, 0.1) is 13.0 Å². The van der Waals surface area contributed by atoms with Crippen LogP contribution in [0.2, 0.25) is 0 Å². The second-order valence-corrected chi connectivity index (χ2v) is 7.08. The standard InChI is InChI=1S/C18H20F2O4/c1-11-13-17(10-18(11,19)20,21-9-12-7-5-4-6-8-12)14-15(22-13)24-16(2,3)23-14/h4-8,13-15H,1,9-10H2,2-3H3/t13-,14+,15-,17-/m1/s1. The lowest BCUT2D eigenvalue weighted by Crippen LogP contribution is -2.48. The van der Waals surface area contributed by atoms with Gasteiger partial charge in [-0.3, -0.25) is 0 Å². The summed E-state index contributed by atoms with van der Waals surface area (Å²) in [5.41, 5.74) is -0.669. The maximum absolute atomic E-state index is 14.3. The predicted molar refractivity (Wildman–Crippen MR) is 81.4 cm³/mol. The molecule has 1 aromatic rings. The van der Waals surface area contributed by atoms with E-state index in [0.29, 0.717) is 0 Å². The van der Waals surface area contributed by atoms with Crippen LogP contribution in [0.4, 0.5) is 8.78 Å². The first kappa shape index (κ1) is 16.1. The van der Waals surface area contributed by atoms with Crippen LogP contribution in [-0.2, 0) is 25.6 Å². The van der Waals surface area contributed by atoms with Gasteiger partial charge in [0, 0.05) is 5.57 Å². The highest BCUT2D eigenvalue weighted by atomic mass is 19.3. The minimum Gasteiger partial charge on any atom is -0.364 e. The number of fused-ring (bicyclic) bond motifs is 3. The summed E-state index contributed by atoms with van der Waals surface area (Å²) in [6, 6.07) is 9.42. The second-order valence-electron chi connectivity index (χ2n) is 7.08. The van der Waals surface area contributed by atoms with Gasteiger partial charge < -0.3 is 18.9 Å². The molecule has 0 aromatic heterocycles. The van der Waals surface area contributed by atoms with Crippen LogP contribution >= 0.6 is 0 Å². The normalized spacial score (nSPS) is 39.0. The number of halogens is 2. The molecule has 0 unspecified atom stereocenters. The molecule has 3 fully saturated rings. The van der Waals surface area contributed by atoms with Crippen molar-refractivity contribution >= 4 is 0 Å². The summed E-state index contributed by atoms with van der Waals surface area (Å²) in [7, 11) is 0. The molecule has 0 radical (unpaired) electrons. The van der Waals surface area contributed by atoms with Crippen molar-refractivity contribution in [3.05, 3.63) is 48.0 Å². The van der Waals surface area contributed by atoms with Gasteiger partial charge in [0.15, 0.2) is 12.1 Å². The quantitative estimate of drug-likeness (QED) is 0.792. The summed E-state index contributed by atoms with van der Waals surface area (Å²) in [4.78, 5) is 0. The van der Waals surface area contributed by atoms with Gasteiger partial charge >= 0.3 is 0 Å². The van der Waals surface area contributed by atoms with Gasteiger partial charge in [0.2, 0.25) is 0 Å². The molecule has 4 rings (SSSR count). The summed E-state index contributed by atoms with van der Waals surface area (Å²) >= 11 is 0. The Labute approximate surface area is 139 Å². The van der Waals surface area contributed by atoms with Crippen LogP contribution in [0.15, 0.2) is 42.5 Å². The average molecular weight is 338 g/mol. The molecule has 2 heterocycles. The molecule has 130 valence electrons. The van der Waals surface area contributed by atoms with Crippen LogP contribution in [0.25, 0.3) is 0 Å². The monoisotopic (exact) mass is 338 g/mol. The zero-order chi connectivity index (χ0) is 17.2. The van der Waals surface area contributed by atoms with Gasteiger partial charge in [-0.15, -0.1) is 0 Å². The van der Waals surface area contributed by atoms with E-state index in [0.717, 1.165) is 5.56 Å². The Morgan fingerprint density at radius 1 is 1.21 bits per heavy atom. The van der Waals surface area contributed by atoms with Gasteiger partial charge in [-0.05, 0) is 19.4 Å². The first-order chi connectivity index (χ1) is 11.2.